The summed E-state index contributed by atoms with van der Waals surface area (Å²) < 4.78 is 0. The van der Waals surface area contributed by atoms with Crippen LogP contribution in [0.25, 0.3) is 0 Å². The van der Waals surface area contributed by atoms with E-state index in [0.29, 0.717) is 0 Å². The smallest absolute Gasteiger partial charge is 0.0276 e. The Bertz CT molecular complexity index is 367. The topological polar surface area (TPSA) is 32.5 Å². The Morgan fingerprint density at radius 2 is 1.68 bits per heavy atom. The first kappa shape index (κ1) is 14.5. The second-order valence-electron chi connectivity index (χ2n) is 6.08. The molecule has 0 amide bonds. The fourth-order valence-corrected chi connectivity index (χ4v) is 2.64. The largest absolute Gasteiger partial charge is 0.329 e. The van der Waals surface area contributed by atoms with Crippen molar-refractivity contribution in [1.82, 2.24) is 9.80 Å². The van der Waals surface area contributed by atoms with Gasteiger partial charge in [-0.3, -0.25) is 4.90 Å². The van der Waals surface area contributed by atoms with Gasteiger partial charge in [-0.25, -0.2) is 0 Å². The molecule has 0 aliphatic carbocycles. The lowest BCUT2D eigenvalue weighted by atomic mass is 10.0. The van der Waals surface area contributed by atoms with E-state index in [0.717, 1.165) is 39.1 Å². The van der Waals surface area contributed by atoms with E-state index in [1.54, 1.807) is 0 Å². The quantitative estimate of drug-likeness (QED) is 0.873. The molecule has 2 N–H and O–H groups in total. The molecule has 0 saturated carbocycles. The Morgan fingerprint density at radius 3 is 2.26 bits per heavy atom. The van der Waals surface area contributed by atoms with Crippen LogP contribution in [-0.4, -0.2) is 54.6 Å². The standard InChI is InChI=1S/C16H27N3/c1-16(2,14-17)19-12-10-18(11-13-19)9-8-15-6-4-3-5-7-15/h3-7H,8-14,17H2,1-2H3. The highest BCUT2D eigenvalue weighted by Gasteiger charge is 2.28. The summed E-state index contributed by atoms with van der Waals surface area (Å²) in [4.78, 5) is 5.09. The van der Waals surface area contributed by atoms with Crippen molar-refractivity contribution in [3.05, 3.63) is 35.9 Å². The summed E-state index contributed by atoms with van der Waals surface area (Å²) in [6, 6.07) is 10.8. The molecule has 3 heteroatoms. The summed E-state index contributed by atoms with van der Waals surface area (Å²) >= 11 is 0. The van der Waals surface area contributed by atoms with E-state index in [-0.39, 0.29) is 5.54 Å². The summed E-state index contributed by atoms with van der Waals surface area (Å²) in [6.07, 6.45) is 1.15. The third-order valence-corrected chi connectivity index (χ3v) is 4.29. The zero-order valence-corrected chi connectivity index (χ0v) is 12.3. The first-order chi connectivity index (χ1) is 9.12. The van der Waals surface area contributed by atoms with Crippen LogP contribution in [0.3, 0.4) is 0 Å². The van der Waals surface area contributed by atoms with Gasteiger partial charge in [0.15, 0.2) is 0 Å². The fraction of sp³-hybridized carbons (Fsp3) is 0.625. The predicted octanol–water partition coefficient (Wildman–Crippen LogP) is 1.58. The minimum Gasteiger partial charge on any atom is -0.329 e. The maximum Gasteiger partial charge on any atom is 0.0276 e. The van der Waals surface area contributed by atoms with Gasteiger partial charge >= 0.3 is 0 Å². The van der Waals surface area contributed by atoms with Crippen molar-refractivity contribution in [2.45, 2.75) is 25.8 Å². The van der Waals surface area contributed by atoms with Crippen molar-refractivity contribution in [3.8, 4) is 0 Å². The molecule has 1 fully saturated rings. The van der Waals surface area contributed by atoms with Crippen LogP contribution in [0.15, 0.2) is 30.3 Å². The molecule has 0 radical (unpaired) electrons. The summed E-state index contributed by atoms with van der Waals surface area (Å²) in [5, 5.41) is 0. The van der Waals surface area contributed by atoms with E-state index >= 15 is 0 Å². The first-order valence-electron chi connectivity index (χ1n) is 7.33. The molecular weight excluding hydrogens is 234 g/mol. The molecule has 1 aliphatic rings. The molecule has 3 nitrogen and oxygen atoms in total. The predicted molar refractivity (Wildman–Crippen MR) is 81.3 cm³/mol. The maximum atomic E-state index is 5.85. The number of piperazine rings is 1. The third-order valence-electron chi connectivity index (χ3n) is 4.29. The highest BCUT2D eigenvalue weighted by atomic mass is 15.3. The molecule has 1 aromatic carbocycles. The van der Waals surface area contributed by atoms with Crippen LogP contribution in [0.1, 0.15) is 19.4 Å². The van der Waals surface area contributed by atoms with Crippen molar-refractivity contribution in [2.75, 3.05) is 39.3 Å². The SMILES string of the molecule is CC(C)(CN)N1CCN(CCc2ccccc2)CC1. The lowest BCUT2D eigenvalue weighted by molar-refractivity contribution is 0.0574. The molecular formula is C16H27N3. The minimum atomic E-state index is 0.144. The molecule has 0 aromatic heterocycles. The Kier molecular flexibility index (Phi) is 4.97. The molecule has 0 spiro atoms. The van der Waals surface area contributed by atoms with E-state index in [4.69, 9.17) is 5.73 Å². The average Bonchev–Trinajstić information content (AvgIpc) is 2.47. The van der Waals surface area contributed by atoms with Crippen molar-refractivity contribution < 1.29 is 0 Å². The Labute approximate surface area is 117 Å². The van der Waals surface area contributed by atoms with Crippen molar-refractivity contribution in [2.24, 2.45) is 5.73 Å². The van der Waals surface area contributed by atoms with E-state index in [2.05, 4.69) is 54.0 Å². The van der Waals surface area contributed by atoms with Crippen LogP contribution in [0.5, 0.6) is 0 Å². The normalized spacial score (nSPS) is 18.7. The maximum absolute atomic E-state index is 5.85. The summed E-state index contributed by atoms with van der Waals surface area (Å²) in [5.74, 6) is 0. The number of nitrogens with zero attached hydrogens (tertiary/aromatic N) is 2. The fourth-order valence-electron chi connectivity index (χ4n) is 2.64. The summed E-state index contributed by atoms with van der Waals surface area (Å²) in [5.41, 5.74) is 7.43. The number of rotatable bonds is 5. The lowest BCUT2D eigenvalue weighted by Crippen LogP contribution is -2.57. The first-order valence-corrected chi connectivity index (χ1v) is 7.33. The van der Waals surface area contributed by atoms with E-state index < -0.39 is 0 Å². The van der Waals surface area contributed by atoms with Crippen LogP contribution in [0, 0.1) is 0 Å². The van der Waals surface area contributed by atoms with Crippen molar-refractivity contribution >= 4 is 0 Å². The van der Waals surface area contributed by atoms with Gasteiger partial charge in [0.05, 0.1) is 0 Å². The molecule has 2 rings (SSSR count). The van der Waals surface area contributed by atoms with Gasteiger partial charge in [-0.1, -0.05) is 30.3 Å². The van der Waals surface area contributed by atoms with Gasteiger partial charge in [-0.15, -0.1) is 0 Å². The van der Waals surface area contributed by atoms with E-state index in [1.807, 2.05) is 0 Å². The number of hydrogen-bond donors (Lipinski definition) is 1. The Balaban J connectivity index is 1.75. The number of nitrogens with two attached hydrogens (primary N) is 1. The van der Waals surface area contributed by atoms with Gasteiger partial charge < -0.3 is 10.6 Å². The highest BCUT2D eigenvalue weighted by molar-refractivity contribution is 5.14. The average molecular weight is 261 g/mol. The van der Waals surface area contributed by atoms with Crippen molar-refractivity contribution in [1.29, 1.82) is 0 Å². The molecule has 1 aromatic rings. The van der Waals surface area contributed by atoms with Gasteiger partial charge in [0, 0.05) is 44.8 Å². The van der Waals surface area contributed by atoms with Gasteiger partial charge in [-0.05, 0) is 25.8 Å². The summed E-state index contributed by atoms with van der Waals surface area (Å²) in [6.45, 7) is 11.0. The molecule has 0 atom stereocenters. The van der Waals surface area contributed by atoms with Crippen LogP contribution < -0.4 is 5.73 Å². The lowest BCUT2D eigenvalue weighted by Gasteiger charge is -2.43. The second-order valence-corrected chi connectivity index (χ2v) is 6.08. The van der Waals surface area contributed by atoms with Gasteiger partial charge in [0.25, 0.3) is 0 Å². The van der Waals surface area contributed by atoms with Gasteiger partial charge in [0.2, 0.25) is 0 Å². The minimum absolute atomic E-state index is 0.144. The molecule has 106 valence electrons. The Hall–Kier alpha value is -0.900. The van der Waals surface area contributed by atoms with Crippen LogP contribution in [0.4, 0.5) is 0 Å². The third kappa shape index (κ3) is 4.03. The zero-order chi connectivity index (χ0) is 13.7. The highest BCUT2D eigenvalue weighted by Crippen LogP contribution is 2.15. The molecule has 1 heterocycles. The summed E-state index contributed by atoms with van der Waals surface area (Å²) in [7, 11) is 0. The van der Waals surface area contributed by atoms with E-state index in [1.165, 1.54) is 12.1 Å². The monoisotopic (exact) mass is 261 g/mol. The number of benzene rings is 1. The van der Waals surface area contributed by atoms with Crippen LogP contribution >= 0.6 is 0 Å². The van der Waals surface area contributed by atoms with Gasteiger partial charge in [0.1, 0.15) is 0 Å². The second kappa shape index (κ2) is 6.51. The Morgan fingerprint density at radius 1 is 1.05 bits per heavy atom. The van der Waals surface area contributed by atoms with Gasteiger partial charge in [-0.2, -0.15) is 0 Å². The van der Waals surface area contributed by atoms with Crippen LogP contribution in [-0.2, 0) is 6.42 Å². The van der Waals surface area contributed by atoms with E-state index in [9.17, 15) is 0 Å². The molecule has 1 saturated heterocycles. The molecule has 1 aliphatic heterocycles. The molecule has 19 heavy (non-hydrogen) atoms. The molecule has 0 bridgehead atoms. The molecule has 0 unspecified atom stereocenters. The van der Waals surface area contributed by atoms with Crippen molar-refractivity contribution in [3.63, 3.8) is 0 Å². The number of hydrogen-bond acceptors (Lipinski definition) is 3. The zero-order valence-electron chi connectivity index (χ0n) is 12.3. The van der Waals surface area contributed by atoms with Crippen LogP contribution in [0.2, 0.25) is 0 Å².